The summed E-state index contributed by atoms with van der Waals surface area (Å²) in [4.78, 5) is 15.7. The van der Waals surface area contributed by atoms with Gasteiger partial charge in [-0.15, -0.1) is 11.3 Å². The number of carbonyl (C=O) groups is 1. The average molecular weight is 459 g/mol. The Kier molecular flexibility index (Phi) is 5.65. The molecule has 0 unspecified atom stereocenters. The zero-order valence-electron chi connectivity index (χ0n) is 16.4. The number of aliphatic carboxylic acids is 1. The highest BCUT2D eigenvalue weighted by molar-refractivity contribution is 7.91. The molecule has 2 aromatic heterocycles. The van der Waals surface area contributed by atoms with Crippen molar-refractivity contribution in [3.05, 3.63) is 78.2 Å². The van der Waals surface area contributed by atoms with Crippen molar-refractivity contribution in [2.45, 2.75) is 23.1 Å². The lowest BCUT2D eigenvalue weighted by molar-refractivity contribution is -0.139. The molecule has 3 N–H and O–H groups in total. The first-order chi connectivity index (χ1) is 14.8. The maximum Gasteiger partial charge on any atom is 0.322 e. The molecule has 4 rings (SSSR count). The number of carboxylic acid groups (broad SMARTS) is 1. The molecule has 2 aromatic carbocycles. The number of thiophene rings is 1. The molecule has 0 saturated heterocycles. The van der Waals surface area contributed by atoms with Crippen molar-refractivity contribution in [2.75, 3.05) is 0 Å². The Morgan fingerprint density at radius 1 is 1.10 bits per heavy atom. The second-order valence-corrected chi connectivity index (χ2v) is 10.2. The highest BCUT2D eigenvalue weighted by Gasteiger charge is 2.33. The number of rotatable bonds is 7. The van der Waals surface area contributed by atoms with E-state index >= 15 is 0 Å². The number of H-pyrrole nitrogens is 1. The van der Waals surface area contributed by atoms with E-state index in [-0.39, 0.29) is 10.0 Å². The lowest BCUT2D eigenvalue weighted by Crippen LogP contribution is -2.43. The molecule has 4 aromatic rings. The lowest BCUT2D eigenvalue weighted by atomic mass is 9.93. The Morgan fingerprint density at radius 2 is 1.81 bits per heavy atom. The number of fused-ring (bicyclic) bond motifs is 1. The molecule has 0 aliphatic heterocycles. The van der Waals surface area contributed by atoms with Crippen LogP contribution in [0.4, 0.5) is 4.39 Å². The first kappa shape index (κ1) is 21.2. The largest absolute Gasteiger partial charge is 0.480 e. The molecule has 0 spiro atoms. The van der Waals surface area contributed by atoms with E-state index in [0.717, 1.165) is 22.2 Å². The van der Waals surface area contributed by atoms with Gasteiger partial charge in [0.15, 0.2) is 0 Å². The highest BCUT2D eigenvalue weighted by Crippen LogP contribution is 2.32. The minimum Gasteiger partial charge on any atom is -0.480 e. The fourth-order valence-electron chi connectivity index (χ4n) is 3.48. The molecule has 0 aliphatic rings. The smallest absolute Gasteiger partial charge is 0.322 e. The molecule has 2 atom stereocenters. The summed E-state index contributed by atoms with van der Waals surface area (Å²) >= 11 is 0.992. The van der Waals surface area contributed by atoms with Crippen LogP contribution in [0.3, 0.4) is 0 Å². The van der Waals surface area contributed by atoms with Crippen LogP contribution in [-0.4, -0.2) is 30.5 Å². The van der Waals surface area contributed by atoms with Gasteiger partial charge in [-0.1, -0.05) is 37.3 Å². The molecule has 0 aliphatic carbocycles. The zero-order chi connectivity index (χ0) is 22.2. The average Bonchev–Trinajstić information content (AvgIpc) is 3.40. The van der Waals surface area contributed by atoms with Crippen LogP contribution < -0.4 is 4.72 Å². The molecular formula is C22H19FN2O4S2. The van der Waals surface area contributed by atoms with Crippen LogP contribution in [0.25, 0.3) is 21.3 Å². The summed E-state index contributed by atoms with van der Waals surface area (Å²) in [5.74, 6) is -2.28. The summed E-state index contributed by atoms with van der Waals surface area (Å²) in [7, 11) is -4.09. The van der Waals surface area contributed by atoms with Crippen molar-refractivity contribution < 1.29 is 22.7 Å². The van der Waals surface area contributed by atoms with Crippen LogP contribution in [-0.2, 0) is 14.8 Å². The molecule has 0 amide bonds. The van der Waals surface area contributed by atoms with Crippen molar-refractivity contribution in [3.63, 3.8) is 0 Å². The number of sulfonamides is 1. The fourth-order valence-corrected chi connectivity index (χ4v) is 6.07. The number of hydrogen-bond donors (Lipinski definition) is 3. The van der Waals surface area contributed by atoms with Gasteiger partial charge in [0.05, 0.1) is 0 Å². The Morgan fingerprint density at radius 3 is 2.52 bits per heavy atom. The van der Waals surface area contributed by atoms with Gasteiger partial charge in [-0.3, -0.25) is 4.79 Å². The van der Waals surface area contributed by atoms with E-state index in [1.807, 2.05) is 24.3 Å². The number of aromatic nitrogens is 1. The summed E-state index contributed by atoms with van der Waals surface area (Å²) in [5, 5.41) is 10.6. The SMILES string of the molecule is C[C@H](c1c[nH]c2ccccc12)[C@@H](NS(=O)(=O)c1ccc(-c2ccc(F)cc2)s1)C(=O)O. The predicted molar refractivity (Wildman–Crippen MR) is 118 cm³/mol. The van der Waals surface area contributed by atoms with Gasteiger partial charge >= 0.3 is 5.97 Å². The molecule has 31 heavy (non-hydrogen) atoms. The van der Waals surface area contributed by atoms with Gasteiger partial charge in [0, 0.05) is 27.9 Å². The van der Waals surface area contributed by atoms with Crippen molar-refractivity contribution in [3.8, 4) is 10.4 Å². The number of halogens is 1. The minimum atomic E-state index is -4.09. The van der Waals surface area contributed by atoms with Gasteiger partial charge < -0.3 is 10.1 Å². The molecule has 6 nitrogen and oxygen atoms in total. The van der Waals surface area contributed by atoms with Crippen LogP contribution >= 0.6 is 11.3 Å². The summed E-state index contributed by atoms with van der Waals surface area (Å²) in [5.41, 5.74) is 2.23. The van der Waals surface area contributed by atoms with Gasteiger partial charge in [-0.2, -0.15) is 4.72 Å². The van der Waals surface area contributed by atoms with Crippen molar-refractivity contribution in [2.24, 2.45) is 0 Å². The second kappa shape index (κ2) is 8.26. The van der Waals surface area contributed by atoms with Crippen LogP contribution in [0.1, 0.15) is 18.4 Å². The molecule has 0 radical (unpaired) electrons. The van der Waals surface area contributed by atoms with Crippen molar-refractivity contribution in [1.29, 1.82) is 0 Å². The number of benzene rings is 2. The first-order valence-electron chi connectivity index (χ1n) is 9.43. The van der Waals surface area contributed by atoms with Gasteiger partial charge in [-0.05, 0) is 41.5 Å². The van der Waals surface area contributed by atoms with Gasteiger partial charge in [0.2, 0.25) is 0 Å². The van der Waals surface area contributed by atoms with E-state index in [0.29, 0.717) is 16.0 Å². The number of carboxylic acids is 1. The molecule has 2 heterocycles. The van der Waals surface area contributed by atoms with Gasteiger partial charge in [0.1, 0.15) is 16.1 Å². The van der Waals surface area contributed by atoms with Gasteiger partial charge in [-0.25, -0.2) is 12.8 Å². The van der Waals surface area contributed by atoms with E-state index in [9.17, 15) is 22.7 Å². The fraction of sp³-hybridized carbons (Fsp3) is 0.136. The molecule has 160 valence electrons. The van der Waals surface area contributed by atoms with Gasteiger partial charge in [0.25, 0.3) is 10.0 Å². The van der Waals surface area contributed by atoms with Crippen molar-refractivity contribution in [1.82, 2.24) is 9.71 Å². The molecule has 0 saturated carbocycles. The number of aromatic amines is 1. The Labute approximate surface area is 182 Å². The summed E-state index contributed by atoms with van der Waals surface area (Å²) in [6, 6.07) is 14.8. The van der Waals surface area contributed by atoms with E-state index in [4.69, 9.17) is 0 Å². The van der Waals surface area contributed by atoms with E-state index in [1.54, 1.807) is 31.3 Å². The van der Waals surface area contributed by atoms with E-state index in [2.05, 4.69) is 9.71 Å². The summed E-state index contributed by atoms with van der Waals surface area (Å²) < 4.78 is 41.4. The third-order valence-corrected chi connectivity index (χ3v) is 8.20. The number of nitrogens with one attached hydrogen (secondary N) is 2. The third kappa shape index (κ3) is 4.25. The molecule has 0 fully saturated rings. The standard InChI is InChI=1S/C22H19FN2O4S2/c1-13(17-12-24-18-5-3-2-4-16(17)18)21(22(26)27)25-31(28,29)20-11-10-19(30-20)14-6-8-15(23)9-7-14/h2-13,21,24-25H,1H3,(H,26,27)/t13-,21-/m1/s1. The highest BCUT2D eigenvalue weighted by atomic mass is 32.2. The Balaban J connectivity index is 1.62. The molecule has 9 heteroatoms. The third-order valence-electron chi connectivity index (χ3n) is 5.13. The normalized spacial score (nSPS) is 13.9. The molecule has 0 bridgehead atoms. The summed E-state index contributed by atoms with van der Waals surface area (Å²) in [6.07, 6.45) is 1.71. The maximum absolute atomic E-state index is 13.1. The quantitative estimate of drug-likeness (QED) is 0.378. The predicted octanol–water partition coefficient (Wildman–Crippen LogP) is 4.57. The monoisotopic (exact) mass is 458 g/mol. The molecular weight excluding hydrogens is 439 g/mol. The first-order valence-corrected chi connectivity index (χ1v) is 11.7. The number of hydrogen-bond acceptors (Lipinski definition) is 4. The van der Waals surface area contributed by atoms with Crippen molar-refractivity contribution >= 4 is 38.2 Å². The van der Waals surface area contributed by atoms with E-state index in [1.165, 1.54) is 18.2 Å². The Hall–Kier alpha value is -3.01. The second-order valence-electron chi connectivity index (χ2n) is 7.14. The van der Waals surface area contributed by atoms with E-state index < -0.39 is 28.0 Å². The number of para-hydroxylation sites is 1. The van der Waals surface area contributed by atoms with Crippen LogP contribution in [0, 0.1) is 5.82 Å². The summed E-state index contributed by atoms with van der Waals surface area (Å²) in [6.45, 7) is 1.68. The topological polar surface area (TPSA) is 99.3 Å². The zero-order valence-corrected chi connectivity index (χ0v) is 18.0. The minimum absolute atomic E-state index is 0.01000. The van der Waals surface area contributed by atoms with Crippen LogP contribution in [0.2, 0.25) is 0 Å². The van der Waals surface area contributed by atoms with Crippen LogP contribution in [0.15, 0.2) is 71.1 Å². The lowest BCUT2D eigenvalue weighted by Gasteiger charge is -2.21. The maximum atomic E-state index is 13.1. The van der Waals surface area contributed by atoms with Crippen LogP contribution in [0.5, 0.6) is 0 Å². The Bertz CT molecular complexity index is 1340.